The van der Waals surface area contributed by atoms with Crippen molar-refractivity contribution in [3.8, 4) is 5.75 Å². The zero-order chi connectivity index (χ0) is 20.8. The topological polar surface area (TPSA) is 87.7 Å². The van der Waals surface area contributed by atoms with Crippen molar-refractivity contribution in [1.29, 1.82) is 0 Å². The van der Waals surface area contributed by atoms with Crippen molar-refractivity contribution in [1.82, 2.24) is 10.9 Å². The van der Waals surface area contributed by atoms with Crippen LogP contribution in [0.5, 0.6) is 5.75 Å². The van der Waals surface area contributed by atoms with Gasteiger partial charge in [-0.25, -0.2) is 0 Å². The minimum atomic E-state index is -0.535. The number of benzene rings is 2. The molecule has 9 heteroatoms. The SMILES string of the molecule is CSc1cccc(N2C[C@@H](C(=O)NNC(=O)COc3cccc(Br)c3)CC2=O)c1. The number of halogens is 1. The quantitative estimate of drug-likeness (QED) is 0.493. The lowest BCUT2D eigenvalue weighted by atomic mass is 10.1. The summed E-state index contributed by atoms with van der Waals surface area (Å²) in [6, 6.07) is 14.7. The summed E-state index contributed by atoms with van der Waals surface area (Å²) in [5, 5.41) is 0. The average Bonchev–Trinajstić information content (AvgIpc) is 3.12. The molecule has 1 saturated heterocycles. The van der Waals surface area contributed by atoms with E-state index in [0.29, 0.717) is 5.75 Å². The first-order chi connectivity index (χ1) is 14.0. The number of hydrogen-bond donors (Lipinski definition) is 2. The normalized spacial score (nSPS) is 15.9. The number of hydrogen-bond acceptors (Lipinski definition) is 5. The Kier molecular flexibility index (Phi) is 7.16. The van der Waals surface area contributed by atoms with Gasteiger partial charge < -0.3 is 9.64 Å². The lowest BCUT2D eigenvalue weighted by Gasteiger charge is -2.17. The van der Waals surface area contributed by atoms with E-state index in [2.05, 4.69) is 26.8 Å². The van der Waals surface area contributed by atoms with Gasteiger partial charge in [-0.3, -0.25) is 25.2 Å². The van der Waals surface area contributed by atoms with Gasteiger partial charge in [0, 0.05) is 28.0 Å². The second-order valence-corrected chi connectivity index (χ2v) is 8.19. The van der Waals surface area contributed by atoms with E-state index in [1.165, 1.54) is 0 Å². The molecule has 0 radical (unpaired) electrons. The summed E-state index contributed by atoms with van der Waals surface area (Å²) in [6.07, 6.45) is 2.06. The second-order valence-electron chi connectivity index (χ2n) is 6.39. The molecule has 0 unspecified atom stereocenters. The number of carbonyl (C=O) groups is 3. The zero-order valence-corrected chi connectivity index (χ0v) is 18.1. The molecular formula is C20H20BrN3O4S. The number of rotatable bonds is 6. The molecule has 1 heterocycles. The van der Waals surface area contributed by atoms with E-state index in [1.54, 1.807) is 34.9 Å². The van der Waals surface area contributed by atoms with Gasteiger partial charge in [-0.05, 0) is 42.7 Å². The molecule has 2 aromatic rings. The lowest BCUT2D eigenvalue weighted by Crippen LogP contribution is -2.46. The van der Waals surface area contributed by atoms with Crippen LogP contribution >= 0.6 is 27.7 Å². The monoisotopic (exact) mass is 477 g/mol. The molecule has 0 aromatic heterocycles. The fraction of sp³-hybridized carbons (Fsp3) is 0.250. The molecule has 1 aliphatic rings. The highest BCUT2D eigenvalue weighted by atomic mass is 79.9. The second kappa shape index (κ2) is 9.80. The molecule has 0 spiro atoms. The summed E-state index contributed by atoms with van der Waals surface area (Å²) in [5.41, 5.74) is 5.47. The van der Waals surface area contributed by atoms with Gasteiger partial charge in [0.25, 0.3) is 5.91 Å². The van der Waals surface area contributed by atoms with E-state index in [9.17, 15) is 14.4 Å². The van der Waals surface area contributed by atoms with Crippen LogP contribution in [0.2, 0.25) is 0 Å². The van der Waals surface area contributed by atoms with Crippen molar-refractivity contribution >= 4 is 51.1 Å². The van der Waals surface area contributed by atoms with Crippen LogP contribution in [0.15, 0.2) is 57.9 Å². The average molecular weight is 478 g/mol. The summed E-state index contributed by atoms with van der Waals surface area (Å²) in [7, 11) is 0. The van der Waals surface area contributed by atoms with Crippen molar-refractivity contribution in [2.45, 2.75) is 11.3 Å². The van der Waals surface area contributed by atoms with Gasteiger partial charge in [-0.1, -0.05) is 28.1 Å². The molecule has 3 amide bonds. The number of nitrogens with zero attached hydrogens (tertiary/aromatic N) is 1. The molecule has 1 fully saturated rings. The highest BCUT2D eigenvalue weighted by Crippen LogP contribution is 2.28. The van der Waals surface area contributed by atoms with Crippen LogP contribution in [0.4, 0.5) is 5.69 Å². The molecule has 2 aromatic carbocycles. The third-order valence-electron chi connectivity index (χ3n) is 4.35. The maximum atomic E-state index is 12.4. The van der Waals surface area contributed by atoms with Crippen LogP contribution in [0.25, 0.3) is 0 Å². The van der Waals surface area contributed by atoms with E-state index in [4.69, 9.17) is 4.74 Å². The van der Waals surface area contributed by atoms with Crippen molar-refractivity contribution in [3.05, 3.63) is 53.0 Å². The van der Waals surface area contributed by atoms with Gasteiger partial charge in [0.05, 0.1) is 5.92 Å². The summed E-state index contributed by atoms with van der Waals surface area (Å²) < 4.78 is 6.20. The Bertz CT molecular complexity index is 924. The van der Waals surface area contributed by atoms with Crippen molar-refractivity contribution in [2.75, 3.05) is 24.3 Å². The van der Waals surface area contributed by atoms with Crippen LogP contribution in [0.1, 0.15) is 6.42 Å². The molecule has 29 heavy (non-hydrogen) atoms. The lowest BCUT2D eigenvalue weighted by molar-refractivity contribution is -0.132. The summed E-state index contributed by atoms with van der Waals surface area (Å²) in [4.78, 5) is 39.2. The number of carbonyl (C=O) groups excluding carboxylic acids is 3. The van der Waals surface area contributed by atoms with Crippen molar-refractivity contribution in [2.24, 2.45) is 5.92 Å². The minimum Gasteiger partial charge on any atom is -0.484 e. The number of hydrazine groups is 1. The Hall–Kier alpha value is -2.52. The molecule has 152 valence electrons. The van der Waals surface area contributed by atoms with Crippen LogP contribution < -0.4 is 20.5 Å². The smallest absolute Gasteiger partial charge is 0.276 e. The van der Waals surface area contributed by atoms with E-state index in [1.807, 2.05) is 36.6 Å². The summed E-state index contributed by atoms with van der Waals surface area (Å²) in [5.74, 6) is -1.02. The number of amides is 3. The Balaban J connectivity index is 1.48. The maximum absolute atomic E-state index is 12.4. The Morgan fingerprint density at radius 1 is 1.21 bits per heavy atom. The number of ether oxygens (including phenoxy) is 1. The highest BCUT2D eigenvalue weighted by Gasteiger charge is 2.35. The molecule has 2 N–H and O–H groups in total. The van der Waals surface area contributed by atoms with Crippen LogP contribution in [-0.2, 0) is 14.4 Å². The Labute approximate surface area is 181 Å². The fourth-order valence-electron chi connectivity index (χ4n) is 2.89. The van der Waals surface area contributed by atoms with Gasteiger partial charge in [0.2, 0.25) is 11.8 Å². The molecule has 1 aliphatic heterocycles. The molecule has 0 aliphatic carbocycles. The molecule has 3 rings (SSSR count). The van der Waals surface area contributed by atoms with Crippen LogP contribution in [-0.4, -0.2) is 37.1 Å². The summed E-state index contributed by atoms with van der Waals surface area (Å²) in [6.45, 7) is 0.0286. The third-order valence-corrected chi connectivity index (χ3v) is 5.57. The first-order valence-electron chi connectivity index (χ1n) is 8.87. The van der Waals surface area contributed by atoms with Crippen LogP contribution in [0, 0.1) is 5.92 Å². The fourth-order valence-corrected chi connectivity index (χ4v) is 3.72. The molecule has 0 saturated carbocycles. The molecule has 7 nitrogen and oxygen atoms in total. The highest BCUT2D eigenvalue weighted by molar-refractivity contribution is 9.10. The predicted molar refractivity (Wildman–Crippen MR) is 115 cm³/mol. The van der Waals surface area contributed by atoms with Gasteiger partial charge in [-0.2, -0.15) is 0 Å². The van der Waals surface area contributed by atoms with E-state index >= 15 is 0 Å². The largest absolute Gasteiger partial charge is 0.484 e. The molecular weight excluding hydrogens is 458 g/mol. The first-order valence-corrected chi connectivity index (χ1v) is 10.9. The zero-order valence-electron chi connectivity index (χ0n) is 15.7. The number of thioether (sulfide) groups is 1. The first kappa shape index (κ1) is 21.2. The minimum absolute atomic E-state index is 0.0970. The van der Waals surface area contributed by atoms with Gasteiger partial charge in [0.15, 0.2) is 6.61 Å². The van der Waals surface area contributed by atoms with Gasteiger partial charge in [0.1, 0.15) is 5.75 Å². The maximum Gasteiger partial charge on any atom is 0.276 e. The van der Waals surface area contributed by atoms with E-state index in [0.717, 1.165) is 15.1 Å². The Morgan fingerprint density at radius 2 is 2.00 bits per heavy atom. The Morgan fingerprint density at radius 3 is 2.76 bits per heavy atom. The molecule has 0 bridgehead atoms. The van der Waals surface area contributed by atoms with Crippen molar-refractivity contribution < 1.29 is 19.1 Å². The van der Waals surface area contributed by atoms with E-state index < -0.39 is 17.7 Å². The number of anilines is 1. The van der Waals surface area contributed by atoms with Crippen molar-refractivity contribution in [3.63, 3.8) is 0 Å². The standard InChI is InChI=1S/C20H20BrN3O4S/c1-29-17-7-3-5-15(10-17)24-11-13(8-19(24)26)20(27)23-22-18(25)12-28-16-6-2-4-14(21)9-16/h2-7,9-10,13H,8,11-12H2,1H3,(H,22,25)(H,23,27)/t13-/m0/s1. The molecule has 1 atom stereocenters. The van der Waals surface area contributed by atoms with Crippen LogP contribution in [0.3, 0.4) is 0 Å². The van der Waals surface area contributed by atoms with Gasteiger partial charge >= 0.3 is 0 Å². The van der Waals surface area contributed by atoms with Gasteiger partial charge in [-0.15, -0.1) is 11.8 Å². The summed E-state index contributed by atoms with van der Waals surface area (Å²) >= 11 is 4.91. The third kappa shape index (κ3) is 5.74. The van der Waals surface area contributed by atoms with E-state index in [-0.39, 0.29) is 25.5 Å². The predicted octanol–water partition coefficient (Wildman–Crippen LogP) is 2.75. The number of nitrogens with one attached hydrogen (secondary N) is 2.